The minimum atomic E-state index is -1.03. The van der Waals surface area contributed by atoms with Crippen molar-refractivity contribution in [2.75, 3.05) is 0 Å². The maximum Gasteiger partial charge on any atom is 0.326 e. The third-order valence-electron chi connectivity index (χ3n) is 3.05. The van der Waals surface area contributed by atoms with Crippen LogP contribution in [0.1, 0.15) is 24.3 Å². The Morgan fingerprint density at radius 3 is 2.60 bits per heavy atom. The molecule has 20 heavy (non-hydrogen) atoms. The summed E-state index contributed by atoms with van der Waals surface area (Å²) in [5.74, 6) is -1.64. The Hall–Kier alpha value is -1.82. The predicted molar refractivity (Wildman–Crippen MR) is 79.7 cm³/mol. The number of fused-ring (bicyclic) bond motifs is 1. The van der Waals surface area contributed by atoms with Gasteiger partial charge in [-0.15, -0.1) is 0 Å². The van der Waals surface area contributed by atoms with Gasteiger partial charge in [0, 0.05) is 15.4 Å². The van der Waals surface area contributed by atoms with Crippen LogP contribution >= 0.6 is 15.9 Å². The highest BCUT2D eigenvalue weighted by atomic mass is 79.9. The quantitative estimate of drug-likeness (QED) is 0.801. The van der Waals surface area contributed by atoms with Crippen molar-refractivity contribution in [1.82, 2.24) is 10.3 Å². The van der Waals surface area contributed by atoms with E-state index in [4.69, 9.17) is 5.11 Å². The van der Waals surface area contributed by atoms with E-state index in [1.54, 1.807) is 19.9 Å². The Bertz CT molecular complexity index is 663. The summed E-state index contributed by atoms with van der Waals surface area (Å²) in [5, 5.41) is 12.5. The first-order chi connectivity index (χ1) is 9.38. The van der Waals surface area contributed by atoms with Crippen molar-refractivity contribution in [1.29, 1.82) is 0 Å². The highest BCUT2D eigenvalue weighted by Crippen LogP contribution is 2.20. The molecule has 1 unspecified atom stereocenters. The molecule has 0 radical (unpaired) electrons. The number of benzene rings is 1. The third-order valence-corrected chi connectivity index (χ3v) is 3.54. The van der Waals surface area contributed by atoms with Gasteiger partial charge in [0.15, 0.2) is 0 Å². The molecule has 5 nitrogen and oxygen atoms in total. The molecule has 1 aromatic carbocycles. The first kappa shape index (κ1) is 14.6. The van der Waals surface area contributed by atoms with Crippen molar-refractivity contribution in [3.05, 3.63) is 34.4 Å². The summed E-state index contributed by atoms with van der Waals surface area (Å²) in [6.45, 7) is 3.50. The van der Waals surface area contributed by atoms with E-state index in [-0.39, 0.29) is 5.92 Å². The Morgan fingerprint density at radius 2 is 2.00 bits per heavy atom. The monoisotopic (exact) mass is 338 g/mol. The molecule has 0 fully saturated rings. The number of hydrogen-bond donors (Lipinski definition) is 3. The van der Waals surface area contributed by atoms with Crippen molar-refractivity contribution in [2.45, 2.75) is 19.9 Å². The fraction of sp³-hybridized carbons (Fsp3) is 0.286. The normalized spacial score (nSPS) is 12.6. The van der Waals surface area contributed by atoms with Gasteiger partial charge < -0.3 is 15.4 Å². The highest BCUT2D eigenvalue weighted by molar-refractivity contribution is 9.10. The summed E-state index contributed by atoms with van der Waals surface area (Å²) >= 11 is 3.36. The van der Waals surface area contributed by atoms with Crippen LogP contribution in [-0.2, 0) is 4.79 Å². The summed E-state index contributed by atoms with van der Waals surface area (Å²) in [7, 11) is 0. The second-order valence-corrected chi connectivity index (χ2v) is 5.86. The van der Waals surface area contributed by atoms with Crippen molar-refractivity contribution in [3.63, 3.8) is 0 Å². The molecule has 2 aromatic rings. The summed E-state index contributed by atoms with van der Waals surface area (Å²) in [4.78, 5) is 26.2. The molecule has 0 bridgehead atoms. The highest BCUT2D eigenvalue weighted by Gasteiger charge is 2.24. The van der Waals surface area contributed by atoms with Gasteiger partial charge in [-0.25, -0.2) is 4.79 Å². The number of halogens is 1. The van der Waals surface area contributed by atoms with E-state index in [0.29, 0.717) is 5.69 Å². The molecule has 0 aliphatic rings. The van der Waals surface area contributed by atoms with E-state index in [1.807, 2.05) is 18.2 Å². The van der Waals surface area contributed by atoms with Gasteiger partial charge in [0.1, 0.15) is 11.7 Å². The molecule has 0 aliphatic heterocycles. The van der Waals surface area contributed by atoms with E-state index in [2.05, 4.69) is 26.2 Å². The largest absolute Gasteiger partial charge is 0.480 e. The van der Waals surface area contributed by atoms with Crippen LogP contribution in [0.3, 0.4) is 0 Å². The van der Waals surface area contributed by atoms with Gasteiger partial charge >= 0.3 is 5.97 Å². The predicted octanol–water partition coefficient (Wildman–Crippen LogP) is 2.77. The van der Waals surface area contributed by atoms with Crippen molar-refractivity contribution in [2.24, 2.45) is 5.92 Å². The zero-order valence-corrected chi connectivity index (χ0v) is 12.7. The second kappa shape index (κ2) is 5.66. The minimum absolute atomic E-state index is 0.185. The molecule has 3 N–H and O–H groups in total. The molecular formula is C14H15BrN2O3. The number of aromatic nitrogens is 1. The molecule has 0 spiro atoms. The van der Waals surface area contributed by atoms with E-state index in [1.165, 1.54) is 0 Å². The van der Waals surface area contributed by atoms with Crippen LogP contribution < -0.4 is 5.32 Å². The maximum absolute atomic E-state index is 12.1. The van der Waals surface area contributed by atoms with Gasteiger partial charge in [-0.1, -0.05) is 35.8 Å². The first-order valence-electron chi connectivity index (χ1n) is 6.20. The lowest BCUT2D eigenvalue weighted by molar-refractivity contribution is -0.140. The summed E-state index contributed by atoms with van der Waals surface area (Å²) in [6, 6.07) is 6.43. The standard InChI is InChI=1S/C14H15BrN2O3/c1-7(2)12(14(19)20)17-13(18)11-5-8-3-4-9(15)6-10(8)16-11/h3-7,12,16H,1-2H3,(H,17,18)(H,19,20). The number of amides is 1. The smallest absolute Gasteiger partial charge is 0.326 e. The number of carboxylic acids is 1. The number of carboxylic acid groups (broad SMARTS) is 1. The summed E-state index contributed by atoms with van der Waals surface area (Å²) < 4.78 is 0.907. The van der Waals surface area contributed by atoms with Gasteiger partial charge in [-0.05, 0) is 24.1 Å². The van der Waals surface area contributed by atoms with Crippen LogP contribution in [0.25, 0.3) is 10.9 Å². The molecule has 106 valence electrons. The van der Waals surface area contributed by atoms with Crippen LogP contribution in [-0.4, -0.2) is 28.0 Å². The fourth-order valence-corrected chi connectivity index (χ4v) is 2.32. The van der Waals surface area contributed by atoms with E-state index in [9.17, 15) is 9.59 Å². The van der Waals surface area contributed by atoms with Gasteiger partial charge in [-0.2, -0.15) is 0 Å². The molecule has 1 aromatic heterocycles. The average molecular weight is 339 g/mol. The topological polar surface area (TPSA) is 82.2 Å². The zero-order valence-electron chi connectivity index (χ0n) is 11.1. The number of H-pyrrole nitrogens is 1. The Balaban J connectivity index is 2.25. The van der Waals surface area contributed by atoms with Crippen LogP contribution in [0.5, 0.6) is 0 Å². The summed E-state index contributed by atoms with van der Waals surface area (Å²) in [6.07, 6.45) is 0. The molecular weight excluding hydrogens is 324 g/mol. The molecule has 1 amide bonds. The van der Waals surface area contributed by atoms with Crippen molar-refractivity contribution < 1.29 is 14.7 Å². The second-order valence-electron chi connectivity index (χ2n) is 4.95. The number of carbonyl (C=O) groups is 2. The van der Waals surface area contributed by atoms with Crippen molar-refractivity contribution >= 4 is 38.7 Å². The van der Waals surface area contributed by atoms with Crippen LogP contribution in [0.2, 0.25) is 0 Å². The Kier molecular flexibility index (Phi) is 4.13. The maximum atomic E-state index is 12.1. The van der Waals surface area contributed by atoms with Crippen LogP contribution in [0.4, 0.5) is 0 Å². The number of hydrogen-bond acceptors (Lipinski definition) is 2. The SMILES string of the molecule is CC(C)C(NC(=O)c1cc2ccc(Br)cc2[nH]1)C(=O)O. The van der Waals surface area contributed by atoms with E-state index < -0.39 is 17.9 Å². The lowest BCUT2D eigenvalue weighted by Gasteiger charge is -2.17. The van der Waals surface area contributed by atoms with E-state index in [0.717, 1.165) is 15.4 Å². The number of aliphatic carboxylic acids is 1. The van der Waals surface area contributed by atoms with Crippen molar-refractivity contribution in [3.8, 4) is 0 Å². The fourth-order valence-electron chi connectivity index (χ4n) is 1.95. The van der Waals surface area contributed by atoms with Gasteiger partial charge in [-0.3, -0.25) is 4.79 Å². The molecule has 6 heteroatoms. The molecule has 1 heterocycles. The lowest BCUT2D eigenvalue weighted by Crippen LogP contribution is -2.44. The third kappa shape index (κ3) is 3.01. The number of nitrogens with one attached hydrogen (secondary N) is 2. The van der Waals surface area contributed by atoms with Gasteiger partial charge in [0.2, 0.25) is 0 Å². The summed E-state index contributed by atoms with van der Waals surface area (Å²) in [5.41, 5.74) is 1.17. The number of rotatable bonds is 4. The Labute approximate surface area is 124 Å². The van der Waals surface area contributed by atoms with Crippen LogP contribution in [0.15, 0.2) is 28.7 Å². The Morgan fingerprint density at radius 1 is 1.30 bits per heavy atom. The lowest BCUT2D eigenvalue weighted by atomic mass is 10.0. The number of carbonyl (C=O) groups excluding carboxylic acids is 1. The van der Waals surface area contributed by atoms with Crippen LogP contribution in [0, 0.1) is 5.92 Å². The van der Waals surface area contributed by atoms with Gasteiger partial charge in [0.05, 0.1) is 0 Å². The first-order valence-corrected chi connectivity index (χ1v) is 6.99. The average Bonchev–Trinajstić information content (AvgIpc) is 2.77. The zero-order chi connectivity index (χ0) is 14.9. The number of aromatic amines is 1. The molecule has 2 rings (SSSR count). The molecule has 0 saturated heterocycles. The van der Waals surface area contributed by atoms with Gasteiger partial charge in [0.25, 0.3) is 5.91 Å². The van der Waals surface area contributed by atoms with E-state index >= 15 is 0 Å². The molecule has 0 aliphatic carbocycles. The molecule has 1 atom stereocenters. The minimum Gasteiger partial charge on any atom is -0.480 e. The molecule has 0 saturated carbocycles.